The zero-order valence-electron chi connectivity index (χ0n) is 37.2. The van der Waals surface area contributed by atoms with E-state index in [-0.39, 0.29) is 62.7 Å². The fourth-order valence-electron chi connectivity index (χ4n) is 7.14. The zero-order valence-corrected chi connectivity index (χ0v) is 29.0. The minimum atomic E-state index is -0.504. The summed E-state index contributed by atoms with van der Waals surface area (Å²) in [6.07, 6.45) is 0. The Morgan fingerprint density at radius 2 is 1.11 bits per heavy atom. The zero-order chi connectivity index (χ0) is 43.4. The fraction of sp³-hybridized carbons (Fsp3) is 0. The summed E-state index contributed by atoms with van der Waals surface area (Å²) >= 11 is 1.03. The topological polar surface area (TPSA) is 51.8 Å². The first-order valence-electron chi connectivity index (χ1n) is 21.8. The number of aromatic nitrogens is 3. The van der Waals surface area contributed by atoms with Gasteiger partial charge in [0.2, 0.25) is 0 Å². The number of furan rings is 1. The largest absolute Gasteiger partial charge is 0.456 e. The van der Waals surface area contributed by atoms with Crippen LogP contribution >= 0.6 is 11.3 Å². The molecular formula is C49H29N3OS. The van der Waals surface area contributed by atoms with E-state index in [0.717, 1.165) is 49.9 Å². The minimum absolute atomic E-state index is 0.0771. The molecule has 0 atom stereocenters. The van der Waals surface area contributed by atoms with E-state index >= 15 is 0 Å². The first-order valence-corrected chi connectivity index (χ1v) is 18.1. The predicted molar refractivity (Wildman–Crippen MR) is 225 cm³/mol. The Balaban J connectivity index is 1.07. The molecule has 54 heavy (non-hydrogen) atoms. The summed E-state index contributed by atoms with van der Waals surface area (Å²) in [6.45, 7) is 0. The number of rotatable bonds is 5. The molecule has 0 radical (unpaired) electrons. The summed E-state index contributed by atoms with van der Waals surface area (Å²) in [4.78, 5) is 14.8. The maximum atomic E-state index is 9.13. The Morgan fingerprint density at radius 1 is 0.444 bits per heavy atom. The highest BCUT2D eigenvalue weighted by Crippen LogP contribution is 2.43. The van der Waals surface area contributed by atoms with Gasteiger partial charge < -0.3 is 4.42 Å². The first-order chi connectivity index (χ1) is 30.5. The summed E-state index contributed by atoms with van der Waals surface area (Å²) in [5.74, 6) is 1.27. The van der Waals surface area contributed by atoms with Crippen molar-refractivity contribution in [3.8, 4) is 56.4 Å². The van der Waals surface area contributed by atoms with Gasteiger partial charge in [-0.25, -0.2) is 15.0 Å². The van der Waals surface area contributed by atoms with Crippen LogP contribution in [0.1, 0.15) is 12.3 Å². The molecule has 0 amide bonds. The lowest BCUT2D eigenvalue weighted by Crippen LogP contribution is -2.00. The summed E-state index contributed by atoms with van der Waals surface area (Å²) in [5.41, 5.74) is 6.54. The van der Waals surface area contributed by atoms with Gasteiger partial charge in [-0.1, -0.05) is 151 Å². The highest BCUT2D eigenvalue weighted by molar-refractivity contribution is 7.26. The lowest BCUT2D eigenvalue weighted by molar-refractivity contribution is 0.669. The predicted octanol–water partition coefficient (Wildman–Crippen LogP) is 13.6. The van der Waals surface area contributed by atoms with Crippen molar-refractivity contribution in [2.24, 2.45) is 0 Å². The van der Waals surface area contributed by atoms with Gasteiger partial charge in [0.15, 0.2) is 17.5 Å². The monoisotopic (exact) mass is 716 g/mol. The standard InChI is InChI=1S/C49H29N3OS/c1-3-11-30(12-4-1)36-17-9-19-41-44(36)39-27-26-35(29-42(39)53-41)49-51-47(33-14-5-2-6-15-33)50-48(52-49)34-23-21-32(22-24-34)37-18-10-20-43-45(37)40-28-25-31-13-7-8-16-38(31)46(40)54-43/h1-29H/i7D,8D,10D,13D,16D,18D,20D,25D,28D. The molecule has 0 bridgehead atoms. The molecule has 0 saturated heterocycles. The van der Waals surface area contributed by atoms with Crippen molar-refractivity contribution < 1.29 is 16.8 Å². The van der Waals surface area contributed by atoms with Crippen LogP contribution in [0, 0.1) is 0 Å². The number of benzene rings is 8. The first kappa shape index (κ1) is 22.9. The van der Waals surface area contributed by atoms with Gasteiger partial charge in [0, 0.05) is 47.6 Å². The molecule has 8 aromatic carbocycles. The Labute approximate surface area is 327 Å². The molecule has 252 valence electrons. The van der Waals surface area contributed by atoms with Crippen LogP contribution in [-0.4, -0.2) is 15.0 Å². The maximum Gasteiger partial charge on any atom is 0.164 e. The lowest BCUT2D eigenvalue weighted by atomic mass is 9.97. The van der Waals surface area contributed by atoms with E-state index in [1.54, 1.807) is 24.3 Å². The fourth-order valence-corrected chi connectivity index (χ4v) is 8.27. The van der Waals surface area contributed by atoms with Crippen LogP contribution in [0.4, 0.5) is 0 Å². The van der Waals surface area contributed by atoms with Crippen molar-refractivity contribution >= 4 is 64.2 Å². The van der Waals surface area contributed by atoms with Gasteiger partial charge >= 0.3 is 0 Å². The van der Waals surface area contributed by atoms with Crippen LogP contribution in [0.3, 0.4) is 0 Å². The Hall–Kier alpha value is -6.95. The molecule has 11 rings (SSSR count). The quantitative estimate of drug-likeness (QED) is 0.178. The van der Waals surface area contributed by atoms with E-state index in [9.17, 15) is 0 Å². The summed E-state index contributed by atoms with van der Waals surface area (Å²) in [5, 5.41) is 2.49. The molecule has 0 fully saturated rings. The molecule has 0 spiro atoms. The van der Waals surface area contributed by atoms with Gasteiger partial charge in [-0.05, 0) is 57.3 Å². The number of thiophene rings is 1. The van der Waals surface area contributed by atoms with Crippen molar-refractivity contribution in [1.82, 2.24) is 15.0 Å². The average Bonchev–Trinajstić information content (AvgIpc) is 3.90. The summed E-state index contributed by atoms with van der Waals surface area (Å²) in [7, 11) is 0. The van der Waals surface area contributed by atoms with Crippen LogP contribution in [0.15, 0.2) is 180 Å². The van der Waals surface area contributed by atoms with Crippen LogP contribution in [0.2, 0.25) is 0 Å². The maximum absolute atomic E-state index is 9.13. The third kappa shape index (κ3) is 5.01. The molecule has 0 aliphatic rings. The van der Waals surface area contributed by atoms with Crippen molar-refractivity contribution in [2.45, 2.75) is 0 Å². The number of hydrogen-bond acceptors (Lipinski definition) is 5. The van der Waals surface area contributed by atoms with Crippen molar-refractivity contribution in [1.29, 1.82) is 0 Å². The lowest BCUT2D eigenvalue weighted by Gasteiger charge is -2.10. The van der Waals surface area contributed by atoms with Gasteiger partial charge in [-0.2, -0.15) is 0 Å². The molecule has 0 saturated carbocycles. The van der Waals surface area contributed by atoms with Gasteiger partial charge in [-0.3, -0.25) is 0 Å². The van der Waals surface area contributed by atoms with E-state index in [2.05, 4.69) is 18.2 Å². The van der Waals surface area contributed by atoms with Crippen molar-refractivity contribution in [2.75, 3.05) is 0 Å². The second-order valence-corrected chi connectivity index (χ2v) is 13.9. The minimum Gasteiger partial charge on any atom is -0.456 e. The second-order valence-electron chi connectivity index (χ2n) is 12.9. The van der Waals surface area contributed by atoms with E-state index in [1.807, 2.05) is 78.9 Å². The summed E-state index contributed by atoms with van der Waals surface area (Å²) < 4.78 is 85.8. The van der Waals surface area contributed by atoms with Gasteiger partial charge in [0.1, 0.15) is 11.2 Å². The number of fused-ring (bicyclic) bond motifs is 8. The van der Waals surface area contributed by atoms with Crippen LogP contribution < -0.4 is 0 Å². The van der Waals surface area contributed by atoms with Crippen molar-refractivity contribution in [3.05, 3.63) is 176 Å². The van der Waals surface area contributed by atoms with E-state index in [1.165, 1.54) is 0 Å². The molecule has 0 N–H and O–H groups in total. The van der Waals surface area contributed by atoms with Crippen LogP contribution in [0.5, 0.6) is 0 Å². The molecule has 3 heterocycles. The molecule has 0 unspecified atom stereocenters. The highest BCUT2D eigenvalue weighted by Gasteiger charge is 2.18. The SMILES string of the molecule is [2H]c1c([2H])c(-c2ccc(-c3nc(-c4ccccc4)nc(-c4ccc5c(c4)oc4cccc(-c6ccccc6)c45)n3)cc2)c2c(sc3c4c([2H])c([2H])c([2H])c([2H])c4c([2H])c([2H])c32)c1[2H]. The Morgan fingerprint density at radius 3 is 1.91 bits per heavy atom. The molecule has 3 aromatic heterocycles. The number of hydrogen-bond donors (Lipinski definition) is 0. The third-order valence-electron chi connectivity index (χ3n) is 9.69. The van der Waals surface area contributed by atoms with E-state index in [4.69, 9.17) is 31.7 Å². The van der Waals surface area contributed by atoms with Crippen LogP contribution in [0.25, 0.3) is 109 Å². The highest BCUT2D eigenvalue weighted by atomic mass is 32.1. The molecule has 4 nitrogen and oxygen atoms in total. The smallest absolute Gasteiger partial charge is 0.164 e. The second kappa shape index (κ2) is 12.3. The molecule has 0 aliphatic heterocycles. The third-order valence-corrected chi connectivity index (χ3v) is 10.8. The van der Waals surface area contributed by atoms with Crippen LogP contribution in [-0.2, 0) is 0 Å². The molecule has 5 heteroatoms. The Bertz CT molecular complexity index is 3730. The van der Waals surface area contributed by atoms with Gasteiger partial charge in [-0.15, -0.1) is 11.3 Å². The normalized spacial score (nSPS) is 14.0. The van der Waals surface area contributed by atoms with E-state index < -0.39 is 18.1 Å². The van der Waals surface area contributed by atoms with Gasteiger partial charge in [0.05, 0.1) is 12.3 Å². The molecule has 0 aliphatic carbocycles. The number of nitrogens with zero attached hydrogens (tertiary/aromatic N) is 3. The average molecular weight is 717 g/mol. The summed E-state index contributed by atoms with van der Waals surface area (Å²) in [6, 6.07) is 35.7. The Kier molecular flexibility index (Phi) is 5.22. The molecular weight excluding hydrogens is 679 g/mol. The van der Waals surface area contributed by atoms with Crippen molar-refractivity contribution in [3.63, 3.8) is 0 Å². The van der Waals surface area contributed by atoms with Gasteiger partial charge in [0.25, 0.3) is 0 Å². The molecule has 11 aromatic rings. The van der Waals surface area contributed by atoms with E-state index in [0.29, 0.717) is 44.3 Å².